The van der Waals surface area contributed by atoms with E-state index in [1.807, 2.05) is 37.9 Å². The van der Waals surface area contributed by atoms with Crippen LogP contribution in [0.2, 0.25) is 0 Å². The van der Waals surface area contributed by atoms with E-state index in [4.69, 9.17) is 4.98 Å². The summed E-state index contributed by atoms with van der Waals surface area (Å²) in [6, 6.07) is 6.94. The van der Waals surface area contributed by atoms with Gasteiger partial charge < -0.3 is 10.2 Å². The van der Waals surface area contributed by atoms with Crippen molar-refractivity contribution >= 4 is 17.4 Å². The van der Waals surface area contributed by atoms with E-state index in [1.54, 1.807) is 16.9 Å². The van der Waals surface area contributed by atoms with Gasteiger partial charge in [0.05, 0.1) is 17.5 Å². The van der Waals surface area contributed by atoms with E-state index in [0.29, 0.717) is 24.5 Å². The van der Waals surface area contributed by atoms with Crippen LogP contribution < -0.4 is 5.32 Å². The predicted molar refractivity (Wildman–Crippen MR) is 112 cm³/mol. The number of pyridine rings is 2. The van der Waals surface area contributed by atoms with Gasteiger partial charge in [0.15, 0.2) is 0 Å². The molecule has 0 saturated carbocycles. The number of likely N-dealkylation sites (tertiary alicyclic amines) is 1. The first-order valence-corrected chi connectivity index (χ1v) is 10.1. The quantitative estimate of drug-likeness (QED) is 0.712. The number of nitrogens with zero attached hydrogens (tertiary/aromatic N) is 5. The van der Waals surface area contributed by atoms with Crippen molar-refractivity contribution in [3.8, 4) is 0 Å². The Balaban J connectivity index is 1.44. The van der Waals surface area contributed by atoms with E-state index >= 15 is 0 Å². The molecule has 0 spiro atoms. The number of aryl methyl sites for hydroxylation is 3. The molecule has 8 heteroatoms. The Bertz CT molecular complexity index is 1050. The molecule has 0 aliphatic carbocycles. The van der Waals surface area contributed by atoms with E-state index in [9.17, 15) is 9.18 Å². The molecule has 4 rings (SSSR count). The van der Waals surface area contributed by atoms with Gasteiger partial charge in [-0.15, -0.1) is 0 Å². The van der Waals surface area contributed by atoms with Crippen LogP contribution in [0.5, 0.6) is 0 Å². The number of nitrogens with one attached hydrogen (secondary N) is 1. The summed E-state index contributed by atoms with van der Waals surface area (Å²) >= 11 is 0. The Morgan fingerprint density at radius 3 is 2.60 bits per heavy atom. The summed E-state index contributed by atoms with van der Waals surface area (Å²) in [5.74, 6) is 0.543. The fourth-order valence-electron chi connectivity index (χ4n) is 3.93. The molecule has 0 atom stereocenters. The third kappa shape index (κ3) is 4.32. The van der Waals surface area contributed by atoms with E-state index < -0.39 is 0 Å². The molecular weight excluding hydrogens is 383 g/mol. The van der Waals surface area contributed by atoms with Gasteiger partial charge in [0.25, 0.3) is 5.91 Å². The van der Waals surface area contributed by atoms with Crippen LogP contribution in [0.15, 0.2) is 36.7 Å². The zero-order valence-electron chi connectivity index (χ0n) is 17.4. The first-order chi connectivity index (χ1) is 14.4. The van der Waals surface area contributed by atoms with Crippen LogP contribution in [0, 0.1) is 19.7 Å². The van der Waals surface area contributed by atoms with Crippen LogP contribution >= 0.6 is 0 Å². The van der Waals surface area contributed by atoms with Gasteiger partial charge in [0.2, 0.25) is 0 Å². The molecule has 0 unspecified atom stereocenters. The monoisotopic (exact) mass is 408 g/mol. The van der Waals surface area contributed by atoms with Crippen LogP contribution in [-0.2, 0) is 7.05 Å². The first-order valence-electron chi connectivity index (χ1n) is 10.1. The number of rotatable bonds is 4. The lowest BCUT2D eigenvalue weighted by molar-refractivity contribution is 0.0711. The Labute approximate surface area is 175 Å². The number of halogens is 1. The van der Waals surface area contributed by atoms with Crippen molar-refractivity contribution < 1.29 is 9.18 Å². The molecule has 1 fully saturated rings. The van der Waals surface area contributed by atoms with E-state index in [2.05, 4.69) is 15.4 Å². The molecule has 1 aliphatic heterocycles. The number of piperidine rings is 1. The van der Waals surface area contributed by atoms with E-state index in [1.165, 1.54) is 12.3 Å². The van der Waals surface area contributed by atoms with Crippen molar-refractivity contribution in [2.45, 2.75) is 32.6 Å². The van der Waals surface area contributed by atoms with Gasteiger partial charge in [-0.2, -0.15) is 5.10 Å². The Morgan fingerprint density at radius 2 is 1.97 bits per heavy atom. The van der Waals surface area contributed by atoms with Crippen LogP contribution in [0.3, 0.4) is 0 Å². The second kappa shape index (κ2) is 8.22. The SMILES string of the molecule is Cc1cc(Nc2ccc(F)cn2)cc(C2CCN(C(=O)c3cn(C)nc3C)CC2)n1. The van der Waals surface area contributed by atoms with Gasteiger partial charge in [-0.1, -0.05) is 0 Å². The Hall–Kier alpha value is -3.29. The average Bonchev–Trinajstić information content (AvgIpc) is 3.07. The standard InChI is InChI=1S/C22H25FN6O/c1-14-10-18(26-21-5-4-17(23)12-24-21)11-20(25-14)16-6-8-29(9-7-16)22(30)19-13-28(3)27-15(19)2/h4-5,10-13,16H,6-9H2,1-3H3,(H,24,25,26). The number of anilines is 2. The normalized spacial score (nSPS) is 14.7. The van der Waals surface area contributed by atoms with E-state index in [-0.39, 0.29) is 17.6 Å². The van der Waals surface area contributed by atoms with Gasteiger partial charge in [-0.3, -0.25) is 14.5 Å². The largest absolute Gasteiger partial charge is 0.340 e. The highest BCUT2D eigenvalue weighted by Crippen LogP contribution is 2.30. The van der Waals surface area contributed by atoms with Gasteiger partial charge in [-0.05, 0) is 51.0 Å². The molecule has 1 aliphatic rings. The van der Waals surface area contributed by atoms with Crippen molar-refractivity contribution in [1.29, 1.82) is 0 Å². The minimum absolute atomic E-state index is 0.0426. The Morgan fingerprint density at radius 1 is 1.20 bits per heavy atom. The zero-order chi connectivity index (χ0) is 21.3. The lowest BCUT2D eigenvalue weighted by Gasteiger charge is -2.32. The minimum atomic E-state index is -0.366. The number of hydrogen-bond donors (Lipinski definition) is 1. The maximum Gasteiger partial charge on any atom is 0.257 e. The molecule has 0 aromatic carbocycles. The smallest absolute Gasteiger partial charge is 0.257 e. The lowest BCUT2D eigenvalue weighted by atomic mass is 9.92. The molecule has 1 N–H and O–H groups in total. The van der Waals surface area contributed by atoms with E-state index in [0.717, 1.165) is 35.6 Å². The topological polar surface area (TPSA) is 75.9 Å². The van der Waals surface area contributed by atoms with Crippen LogP contribution in [0.25, 0.3) is 0 Å². The van der Waals surface area contributed by atoms with Gasteiger partial charge in [-0.25, -0.2) is 9.37 Å². The second-order valence-electron chi connectivity index (χ2n) is 7.78. The lowest BCUT2D eigenvalue weighted by Crippen LogP contribution is -2.38. The zero-order valence-corrected chi connectivity index (χ0v) is 17.4. The number of carbonyl (C=O) groups excluding carboxylic acids is 1. The molecule has 0 radical (unpaired) electrons. The molecule has 156 valence electrons. The molecule has 3 aromatic heterocycles. The highest BCUT2D eigenvalue weighted by molar-refractivity contribution is 5.95. The van der Waals surface area contributed by atoms with Gasteiger partial charge in [0, 0.05) is 49.3 Å². The molecule has 3 aromatic rings. The maximum absolute atomic E-state index is 13.1. The average molecular weight is 408 g/mol. The molecule has 4 heterocycles. The molecular formula is C22H25FN6O. The summed E-state index contributed by atoms with van der Waals surface area (Å²) in [4.78, 5) is 23.5. The Kier molecular flexibility index (Phi) is 5.48. The van der Waals surface area contributed by atoms with Crippen molar-refractivity contribution in [1.82, 2.24) is 24.6 Å². The highest BCUT2D eigenvalue weighted by atomic mass is 19.1. The number of aromatic nitrogens is 4. The summed E-state index contributed by atoms with van der Waals surface area (Å²) in [6.45, 7) is 5.20. The number of hydrogen-bond acceptors (Lipinski definition) is 5. The van der Waals surface area contributed by atoms with Gasteiger partial charge in [0.1, 0.15) is 11.6 Å². The summed E-state index contributed by atoms with van der Waals surface area (Å²) in [5.41, 5.74) is 4.21. The molecule has 30 heavy (non-hydrogen) atoms. The maximum atomic E-state index is 13.1. The molecule has 0 bridgehead atoms. The summed E-state index contributed by atoms with van der Waals surface area (Å²) in [7, 11) is 1.83. The summed E-state index contributed by atoms with van der Waals surface area (Å²) < 4.78 is 14.8. The molecule has 1 amide bonds. The third-order valence-corrected chi connectivity index (χ3v) is 5.42. The van der Waals surface area contributed by atoms with Crippen molar-refractivity contribution in [2.75, 3.05) is 18.4 Å². The number of carbonyl (C=O) groups is 1. The van der Waals surface area contributed by atoms with Crippen molar-refractivity contribution in [2.24, 2.45) is 7.05 Å². The second-order valence-corrected chi connectivity index (χ2v) is 7.78. The first kappa shape index (κ1) is 20.0. The summed E-state index contributed by atoms with van der Waals surface area (Å²) in [5, 5.41) is 7.49. The predicted octanol–water partition coefficient (Wildman–Crippen LogP) is 3.73. The fourth-order valence-corrected chi connectivity index (χ4v) is 3.93. The number of amides is 1. The summed E-state index contributed by atoms with van der Waals surface area (Å²) in [6.07, 6.45) is 4.69. The van der Waals surface area contributed by atoms with Crippen LogP contribution in [-0.4, -0.2) is 43.6 Å². The van der Waals surface area contributed by atoms with Crippen LogP contribution in [0.4, 0.5) is 15.9 Å². The highest BCUT2D eigenvalue weighted by Gasteiger charge is 2.27. The van der Waals surface area contributed by atoms with Gasteiger partial charge >= 0.3 is 0 Å². The third-order valence-electron chi connectivity index (χ3n) is 5.42. The van der Waals surface area contributed by atoms with Crippen molar-refractivity contribution in [3.63, 3.8) is 0 Å². The van der Waals surface area contributed by atoms with Crippen LogP contribution in [0.1, 0.15) is 46.2 Å². The fraction of sp³-hybridized carbons (Fsp3) is 0.364. The molecule has 7 nitrogen and oxygen atoms in total. The van der Waals surface area contributed by atoms with Crippen molar-refractivity contribution in [3.05, 3.63) is 65.1 Å². The minimum Gasteiger partial charge on any atom is -0.340 e. The molecule has 1 saturated heterocycles.